The normalized spacial score (nSPS) is 21.8. The number of Topliss-reactive ketones (excluding diaryl/α,β-unsaturated/α-hetero) is 1. The largest absolute Gasteiger partial charge is 0.292 e. The molecule has 4 rings (SSSR count). The molecule has 0 bridgehead atoms. The minimum Gasteiger partial charge on any atom is -0.292 e. The molecule has 2 aromatic carbocycles. The van der Waals surface area contributed by atoms with Crippen molar-refractivity contribution in [3.8, 4) is 0 Å². The highest BCUT2D eigenvalue weighted by Crippen LogP contribution is 2.41. The molecule has 3 atom stereocenters. The standard InChI is InChI=1S/C24H22FN3O6/c1-14-5-10-19-20(11-14)24(32)27(23(19)31)26(13-21(29)15-6-8-17(25)9-7-15)22(30)16-3-2-4-18(12-16)28(33)34/h2-4,6-9,12,14,19-20H,5,10-11,13H2,1H3/t14-,19+,20+/m1/s1. The summed E-state index contributed by atoms with van der Waals surface area (Å²) in [7, 11) is 0. The van der Waals surface area contributed by atoms with Gasteiger partial charge in [-0.15, -0.1) is 0 Å². The summed E-state index contributed by atoms with van der Waals surface area (Å²) in [4.78, 5) is 63.3. The number of halogens is 1. The fourth-order valence-electron chi connectivity index (χ4n) is 4.61. The minimum absolute atomic E-state index is 0.0865. The molecule has 1 saturated heterocycles. The molecule has 1 aliphatic carbocycles. The molecule has 2 aromatic rings. The zero-order valence-corrected chi connectivity index (χ0v) is 18.3. The molecule has 0 N–H and O–H groups in total. The number of imide groups is 1. The lowest BCUT2D eigenvalue weighted by Crippen LogP contribution is -2.52. The first kappa shape index (κ1) is 23.2. The van der Waals surface area contributed by atoms with Gasteiger partial charge in [-0.1, -0.05) is 13.0 Å². The lowest BCUT2D eigenvalue weighted by molar-refractivity contribution is -0.384. The number of nitro groups is 1. The van der Waals surface area contributed by atoms with Crippen molar-refractivity contribution in [1.29, 1.82) is 0 Å². The summed E-state index contributed by atoms with van der Waals surface area (Å²) in [6.07, 6.45) is 1.76. The maximum absolute atomic E-state index is 13.4. The van der Waals surface area contributed by atoms with Crippen LogP contribution in [0.2, 0.25) is 0 Å². The van der Waals surface area contributed by atoms with Crippen molar-refractivity contribution in [2.24, 2.45) is 17.8 Å². The van der Waals surface area contributed by atoms with Crippen LogP contribution in [0.3, 0.4) is 0 Å². The van der Waals surface area contributed by atoms with Crippen LogP contribution in [0.5, 0.6) is 0 Å². The van der Waals surface area contributed by atoms with Crippen LogP contribution in [-0.2, 0) is 9.59 Å². The van der Waals surface area contributed by atoms with Crippen LogP contribution in [0, 0.1) is 33.7 Å². The van der Waals surface area contributed by atoms with E-state index in [0.29, 0.717) is 12.8 Å². The quantitative estimate of drug-likeness (QED) is 0.278. The van der Waals surface area contributed by atoms with Gasteiger partial charge in [-0.3, -0.25) is 29.3 Å². The van der Waals surface area contributed by atoms with Gasteiger partial charge in [0.1, 0.15) is 12.4 Å². The number of carbonyl (C=O) groups is 4. The van der Waals surface area contributed by atoms with E-state index in [2.05, 4.69) is 0 Å². The lowest BCUT2D eigenvalue weighted by Gasteiger charge is -2.30. The number of fused-ring (bicyclic) bond motifs is 1. The van der Waals surface area contributed by atoms with Crippen LogP contribution in [0.25, 0.3) is 0 Å². The van der Waals surface area contributed by atoms with Crippen molar-refractivity contribution < 1.29 is 28.5 Å². The molecule has 0 aromatic heterocycles. The fourth-order valence-corrected chi connectivity index (χ4v) is 4.61. The third-order valence-electron chi connectivity index (χ3n) is 6.40. The molecule has 0 radical (unpaired) electrons. The predicted octanol–water partition coefficient (Wildman–Crippen LogP) is 3.40. The zero-order chi connectivity index (χ0) is 24.6. The van der Waals surface area contributed by atoms with Crippen molar-refractivity contribution in [3.05, 3.63) is 75.6 Å². The van der Waals surface area contributed by atoms with Gasteiger partial charge >= 0.3 is 0 Å². The summed E-state index contributed by atoms with van der Waals surface area (Å²) in [5, 5.41) is 12.7. The molecular weight excluding hydrogens is 445 g/mol. The second kappa shape index (κ2) is 9.12. The Kier molecular flexibility index (Phi) is 6.23. The fraction of sp³-hybridized carbons (Fsp3) is 0.333. The second-order valence-corrected chi connectivity index (χ2v) is 8.72. The zero-order valence-electron chi connectivity index (χ0n) is 18.3. The van der Waals surface area contributed by atoms with E-state index in [4.69, 9.17) is 0 Å². The van der Waals surface area contributed by atoms with Crippen LogP contribution >= 0.6 is 0 Å². The molecule has 1 saturated carbocycles. The van der Waals surface area contributed by atoms with Crippen molar-refractivity contribution in [2.75, 3.05) is 6.54 Å². The average Bonchev–Trinajstić information content (AvgIpc) is 3.06. The first-order valence-corrected chi connectivity index (χ1v) is 10.9. The van der Waals surface area contributed by atoms with Gasteiger partial charge in [-0.25, -0.2) is 9.40 Å². The highest BCUT2D eigenvalue weighted by Gasteiger charge is 2.52. The Morgan fingerprint density at radius 2 is 1.74 bits per heavy atom. The minimum atomic E-state index is -0.896. The Morgan fingerprint density at radius 3 is 2.41 bits per heavy atom. The number of amides is 3. The maximum Gasteiger partial charge on any atom is 0.273 e. The van der Waals surface area contributed by atoms with E-state index in [-0.39, 0.29) is 22.7 Å². The summed E-state index contributed by atoms with van der Waals surface area (Å²) in [5.41, 5.74) is -0.412. The maximum atomic E-state index is 13.4. The molecule has 2 fully saturated rings. The number of benzene rings is 2. The van der Waals surface area contributed by atoms with E-state index in [1.807, 2.05) is 6.92 Å². The van der Waals surface area contributed by atoms with Crippen LogP contribution in [0.1, 0.15) is 46.9 Å². The number of rotatable bonds is 6. The molecule has 1 aliphatic heterocycles. The van der Waals surface area contributed by atoms with Gasteiger partial charge in [-0.05, 0) is 55.5 Å². The molecule has 34 heavy (non-hydrogen) atoms. The highest BCUT2D eigenvalue weighted by molar-refractivity contribution is 6.09. The van der Waals surface area contributed by atoms with Gasteiger partial charge in [0.25, 0.3) is 23.4 Å². The number of hydrogen-bond donors (Lipinski definition) is 0. The van der Waals surface area contributed by atoms with E-state index in [1.54, 1.807) is 0 Å². The Bertz CT molecular complexity index is 1180. The van der Waals surface area contributed by atoms with E-state index in [1.165, 1.54) is 30.3 Å². The first-order valence-electron chi connectivity index (χ1n) is 10.9. The number of nitro benzene ring substituents is 1. The summed E-state index contributed by atoms with van der Waals surface area (Å²) in [6, 6.07) is 9.49. The summed E-state index contributed by atoms with van der Waals surface area (Å²) < 4.78 is 13.3. The van der Waals surface area contributed by atoms with Crippen molar-refractivity contribution in [3.63, 3.8) is 0 Å². The number of non-ortho nitro benzene ring substituents is 1. The highest BCUT2D eigenvalue weighted by atomic mass is 19.1. The van der Waals surface area contributed by atoms with E-state index < -0.39 is 52.6 Å². The van der Waals surface area contributed by atoms with E-state index in [0.717, 1.165) is 34.6 Å². The molecule has 176 valence electrons. The van der Waals surface area contributed by atoms with Gasteiger partial charge in [0.05, 0.1) is 16.8 Å². The lowest BCUT2D eigenvalue weighted by atomic mass is 9.76. The first-order chi connectivity index (χ1) is 16.2. The van der Waals surface area contributed by atoms with Crippen LogP contribution in [0.15, 0.2) is 48.5 Å². The number of hydrogen-bond acceptors (Lipinski definition) is 6. The Morgan fingerprint density at radius 1 is 1.06 bits per heavy atom. The van der Waals surface area contributed by atoms with Gasteiger partial charge in [0.15, 0.2) is 5.78 Å². The van der Waals surface area contributed by atoms with E-state index in [9.17, 15) is 33.7 Å². The van der Waals surface area contributed by atoms with Gasteiger partial charge in [0.2, 0.25) is 0 Å². The number of hydrazine groups is 1. The van der Waals surface area contributed by atoms with Crippen molar-refractivity contribution in [1.82, 2.24) is 10.0 Å². The third kappa shape index (κ3) is 4.30. The summed E-state index contributed by atoms with van der Waals surface area (Å²) in [5.74, 6) is -4.12. The second-order valence-electron chi connectivity index (χ2n) is 8.72. The summed E-state index contributed by atoms with van der Waals surface area (Å²) >= 11 is 0. The van der Waals surface area contributed by atoms with Gasteiger partial charge in [-0.2, -0.15) is 5.01 Å². The van der Waals surface area contributed by atoms with Crippen LogP contribution in [-0.4, -0.2) is 45.0 Å². The molecule has 9 nitrogen and oxygen atoms in total. The molecular formula is C24H22FN3O6. The summed E-state index contributed by atoms with van der Waals surface area (Å²) in [6.45, 7) is 1.32. The number of carbonyl (C=O) groups excluding carboxylic acids is 4. The van der Waals surface area contributed by atoms with Crippen molar-refractivity contribution >= 4 is 29.2 Å². The third-order valence-corrected chi connectivity index (χ3v) is 6.40. The Hall–Kier alpha value is -3.95. The monoisotopic (exact) mass is 467 g/mol. The topological polar surface area (TPSA) is 118 Å². The molecule has 0 unspecified atom stereocenters. The Labute approximate surface area is 194 Å². The molecule has 0 spiro atoms. The van der Waals surface area contributed by atoms with Crippen LogP contribution in [0.4, 0.5) is 10.1 Å². The average molecular weight is 467 g/mol. The SMILES string of the molecule is C[C@@H]1CC[C@@H]2C(=O)N(N(CC(=O)c3ccc(F)cc3)C(=O)c3cccc([N+](=O)[O-])c3)C(=O)[C@H]2C1. The molecule has 1 heterocycles. The number of ketones is 1. The van der Waals surface area contributed by atoms with Crippen molar-refractivity contribution in [2.45, 2.75) is 26.2 Å². The Balaban J connectivity index is 1.71. The molecule has 2 aliphatic rings. The predicted molar refractivity (Wildman–Crippen MR) is 117 cm³/mol. The van der Waals surface area contributed by atoms with Gasteiger partial charge < -0.3 is 0 Å². The smallest absolute Gasteiger partial charge is 0.273 e. The molecule has 3 amide bonds. The van der Waals surface area contributed by atoms with E-state index >= 15 is 0 Å². The van der Waals surface area contributed by atoms with Gasteiger partial charge in [0, 0.05) is 23.3 Å². The molecule has 10 heteroatoms. The van der Waals surface area contributed by atoms with Crippen LogP contribution < -0.4 is 0 Å². The number of nitrogens with zero attached hydrogens (tertiary/aromatic N) is 3.